The maximum Gasteiger partial charge on any atom is 0.429 e. The lowest BCUT2D eigenvalue weighted by molar-refractivity contribution is -0.187. The number of rotatable bonds is 3. The minimum Gasteiger partial charge on any atom is -0.429 e. The molecule has 0 unspecified atom stereocenters. The van der Waals surface area contributed by atoms with E-state index in [1.165, 1.54) is 0 Å². The van der Waals surface area contributed by atoms with Gasteiger partial charge < -0.3 is 4.74 Å². The van der Waals surface area contributed by atoms with Crippen molar-refractivity contribution in [1.29, 1.82) is 0 Å². The Balaban J connectivity index is 2.37. The average Bonchev–Trinajstić information content (AvgIpc) is 2.34. The van der Waals surface area contributed by atoms with E-state index < -0.39 is 40.7 Å². The van der Waals surface area contributed by atoms with E-state index in [-0.39, 0.29) is 17.6 Å². The highest BCUT2D eigenvalue weighted by atomic mass is 19.3. The zero-order chi connectivity index (χ0) is 15.8. The summed E-state index contributed by atoms with van der Waals surface area (Å²) in [5, 5.41) is 0. The zero-order valence-electron chi connectivity index (χ0n) is 10.1. The number of benzene rings is 2. The lowest BCUT2D eigenvalue weighted by Gasteiger charge is -2.19. The summed E-state index contributed by atoms with van der Waals surface area (Å²) < 4.78 is 83.5. The first-order valence-electron chi connectivity index (χ1n) is 5.47. The zero-order valence-corrected chi connectivity index (χ0v) is 10.1. The molecule has 1 nitrogen and oxygen atoms in total. The molecule has 8 heteroatoms. The monoisotopic (exact) mass is 302 g/mol. The molecule has 2 aromatic rings. The van der Waals surface area contributed by atoms with Crippen molar-refractivity contribution < 1.29 is 31.1 Å². The first kappa shape index (κ1) is 15.3. The Morgan fingerprint density at radius 1 is 0.857 bits per heavy atom. The Bertz CT molecular complexity index is 665. The van der Waals surface area contributed by atoms with Crippen LogP contribution in [0.15, 0.2) is 30.3 Å². The van der Waals surface area contributed by atoms with Crippen molar-refractivity contribution in [3.63, 3.8) is 0 Å². The molecule has 0 fully saturated rings. The van der Waals surface area contributed by atoms with Crippen molar-refractivity contribution >= 4 is 13.3 Å². The van der Waals surface area contributed by atoms with Crippen molar-refractivity contribution in [2.75, 3.05) is 0 Å². The Kier molecular flexibility index (Phi) is 3.89. The average molecular weight is 302 g/mol. The molecule has 2 aromatic carbocycles. The Hall–Kier alpha value is -2.12. The molecule has 0 N–H and O–H groups in total. The third-order valence-corrected chi connectivity index (χ3v) is 2.51. The van der Waals surface area contributed by atoms with Crippen LogP contribution < -0.4 is 10.2 Å². The molecule has 0 heterocycles. The first-order valence-corrected chi connectivity index (χ1v) is 5.47. The van der Waals surface area contributed by atoms with Gasteiger partial charge in [0.25, 0.3) is 0 Å². The van der Waals surface area contributed by atoms with Gasteiger partial charge >= 0.3 is 6.11 Å². The van der Waals surface area contributed by atoms with Crippen LogP contribution in [0.2, 0.25) is 0 Å². The highest BCUT2D eigenvalue weighted by Gasteiger charge is 2.38. The molecule has 0 aliphatic rings. The van der Waals surface area contributed by atoms with Crippen molar-refractivity contribution in [1.82, 2.24) is 0 Å². The molecule has 2 radical (unpaired) electrons. The Morgan fingerprint density at radius 2 is 1.43 bits per heavy atom. The summed E-state index contributed by atoms with van der Waals surface area (Å²) in [5.41, 5.74) is -1.27. The highest BCUT2D eigenvalue weighted by molar-refractivity contribution is 6.32. The summed E-state index contributed by atoms with van der Waals surface area (Å²) in [6.07, 6.45) is -4.23. The molecule has 0 aliphatic heterocycles. The minimum atomic E-state index is -4.23. The van der Waals surface area contributed by atoms with Gasteiger partial charge in [0.1, 0.15) is 19.4 Å². The molecule has 108 valence electrons. The van der Waals surface area contributed by atoms with Gasteiger partial charge in [0, 0.05) is 12.1 Å². The third kappa shape index (κ3) is 3.14. The van der Waals surface area contributed by atoms with Crippen LogP contribution in [0.5, 0.6) is 5.75 Å². The van der Waals surface area contributed by atoms with E-state index >= 15 is 0 Å². The maximum absolute atomic E-state index is 13.8. The van der Waals surface area contributed by atoms with E-state index in [9.17, 15) is 26.3 Å². The molecule has 0 aliphatic carbocycles. The van der Waals surface area contributed by atoms with Gasteiger partial charge in [-0.05, 0) is 12.1 Å². The topological polar surface area (TPSA) is 9.23 Å². The van der Waals surface area contributed by atoms with Gasteiger partial charge in [0.05, 0.1) is 5.56 Å². The Morgan fingerprint density at radius 3 is 1.95 bits per heavy atom. The molecule has 0 amide bonds. The van der Waals surface area contributed by atoms with Gasteiger partial charge in [-0.15, -0.1) is 0 Å². The van der Waals surface area contributed by atoms with E-state index in [1.807, 2.05) is 0 Å². The predicted octanol–water partition coefficient (Wildman–Crippen LogP) is 3.17. The van der Waals surface area contributed by atoms with Crippen LogP contribution in [0.25, 0.3) is 0 Å². The van der Waals surface area contributed by atoms with Crippen molar-refractivity contribution in [2.24, 2.45) is 0 Å². The van der Waals surface area contributed by atoms with E-state index in [4.69, 9.17) is 7.85 Å². The molecule has 0 atom stereocenters. The molecule has 0 bridgehead atoms. The molecular formula is C13H5BF6O. The van der Waals surface area contributed by atoms with Gasteiger partial charge in [0.2, 0.25) is 0 Å². The fraction of sp³-hybridized carbons (Fsp3) is 0.0769. The van der Waals surface area contributed by atoms with Crippen molar-refractivity contribution in [2.45, 2.75) is 6.11 Å². The predicted molar refractivity (Wildman–Crippen MR) is 62.6 cm³/mol. The third-order valence-electron chi connectivity index (χ3n) is 2.51. The number of alkyl halides is 2. The van der Waals surface area contributed by atoms with Gasteiger partial charge in [-0.3, -0.25) is 0 Å². The summed E-state index contributed by atoms with van der Waals surface area (Å²) in [6, 6.07) is 2.75. The maximum atomic E-state index is 13.8. The van der Waals surface area contributed by atoms with Crippen molar-refractivity contribution in [3.8, 4) is 5.75 Å². The minimum absolute atomic E-state index is 0.0917. The summed E-state index contributed by atoms with van der Waals surface area (Å²) in [6.45, 7) is 0. The quantitative estimate of drug-likeness (QED) is 0.481. The standard InChI is InChI=1S/C13H5BF6O/c14-6-1-2-8(9(15)3-6)13(19,20)21-7-4-10(16)12(18)11(17)5-7/h1-5H. The van der Waals surface area contributed by atoms with E-state index in [2.05, 4.69) is 4.74 Å². The van der Waals surface area contributed by atoms with E-state index in [0.29, 0.717) is 12.1 Å². The smallest absolute Gasteiger partial charge is 0.429 e. The second-order valence-electron chi connectivity index (χ2n) is 4.06. The van der Waals surface area contributed by atoms with Gasteiger partial charge in [-0.2, -0.15) is 8.78 Å². The molecule has 0 saturated heterocycles. The Labute approximate surface area is 116 Å². The molecule has 2 rings (SSSR count). The fourth-order valence-electron chi connectivity index (χ4n) is 1.56. The second-order valence-corrected chi connectivity index (χ2v) is 4.06. The number of ether oxygens (including phenoxy) is 1. The number of hydrogen-bond donors (Lipinski definition) is 0. The normalized spacial score (nSPS) is 11.5. The van der Waals surface area contributed by atoms with Crippen LogP contribution in [0.1, 0.15) is 5.56 Å². The van der Waals surface area contributed by atoms with E-state index in [0.717, 1.165) is 6.07 Å². The van der Waals surface area contributed by atoms with Crippen LogP contribution in [0.4, 0.5) is 26.3 Å². The van der Waals surface area contributed by atoms with Crippen LogP contribution in [-0.4, -0.2) is 7.85 Å². The number of halogens is 6. The summed E-state index contributed by atoms with van der Waals surface area (Å²) >= 11 is 0. The van der Waals surface area contributed by atoms with Gasteiger partial charge in [-0.25, -0.2) is 17.6 Å². The fourth-order valence-corrected chi connectivity index (χ4v) is 1.56. The van der Waals surface area contributed by atoms with Crippen LogP contribution in [0.3, 0.4) is 0 Å². The second kappa shape index (κ2) is 5.35. The summed E-state index contributed by atoms with van der Waals surface area (Å²) in [4.78, 5) is 0. The van der Waals surface area contributed by atoms with Crippen LogP contribution >= 0.6 is 0 Å². The molecule has 21 heavy (non-hydrogen) atoms. The molecule has 0 saturated carbocycles. The van der Waals surface area contributed by atoms with Gasteiger partial charge in [-0.1, -0.05) is 11.5 Å². The molecule has 0 spiro atoms. The lowest BCUT2D eigenvalue weighted by Crippen LogP contribution is -2.24. The summed E-state index contributed by atoms with van der Waals surface area (Å²) in [5.74, 6) is -7.60. The SMILES string of the molecule is [B]c1ccc(C(F)(F)Oc2cc(F)c(F)c(F)c2)c(F)c1. The largest absolute Gasteiger partial charge is 0.429 e. The highest BCUT2D eigenvalue weighted by Crippen LogP contribution is 2.33. The lowest BCUT2D eigenvalue weighted by atomic mass is 9.95. The molecule has 0 aromatic heterocycles. The molecular weight excluding hydrogens is 297 g/mol. The van der Waals surface area contributed by atoms with Crippen LogP contribution in [0, 0.1) is 23.3 Å². The number of hydrogen-bond acceptors (Lipinski definition) is 1. The van der Waals surface area contributed by atoms with Gasteiger partial charge in [0.15, 0.2) is 17.5 Å². The van der Waals surface area contributed by atoms with E-state index in [1.54, 1.807) is 0 Å². The van der Waals surface area contributed by atoms with Crippen molar-refractivity contribution in [3.05, 3.63) is 59.2 Å². The van der Waals surface area contributed by atoms with Crippen LogP contribution in [-0.2, 0) is 6.11 Å². The first-order chi connectivity index (χ1) is 9.70. The summed E-state index contributed by atoms with van der Waals surface area (Å²) in [7, 11) is 5.21.